The van der Waals surface area contributed by atoms with Crippen molar-refractivity contribution in [2.45, 2.75) is 12.0 Å². The summed E-state index contributed by atoms with van der Waals surface area (Å²) in [6.45, 7) is 0.112. The van der Waals surface area contributed by atoms with Crippen molar-refractivity contribution in [3.63, 3.8) is 0 Å². The van der Waals surface area contributed by atoms with Crippen LogP contribution < -0.4 is 24.8 Å². The van der Waals surface area contributed by atoms with Crippen molar-refractivity contribution in [2.75, 3.05) is 18.9 Å². The number of benzene rings is 4. The topological polar surface area (TPSA) is 146 Å². The van der Waals surface area contributed by atoms with Crippen LogP contribution in [-0.2, 0) is 14.1 Å². The summed E-state index contributed by atoms with van der Waals surface area (Å²) in [6, 6.07) is 32.9. The molecule has 1 unspecified atom stereocenters. The first-order chi connectivity index (χ1) is 21.0. The normalized spacial score (nSPS) is 11.6. The predicted octanol–water partition coefficient (Wildman–Crippen LogP) is 7.06. The second-order valence-corrected chi connectivity index (χ2v) is 10.6. The number of anilines is 1. The van der Waals surface area contributed by atoms with E-state index in [0.717, 1.165) is 0 Å². The van der Waals surface area contributed by atoms with Crippen LogP contribution in [0.4, 0.5) is 23.7 Å². The van der Waals surface area contributed by atoms with Gasteiger partial charge in [-0.05, 0) is 54.1 Å². The number of alkyl halides is 3. The molecule has 0 aromatic heterocycles. The number of alkyl carbamates (subject to hydrolysis) is 1. The first kappa shape index (κ1) is 33.3. The van der Waals surface area contributed by atoms with Crippen LogP contribution >= 0.6 is 7.60 Å². The van der Waals surface area contributed by atoms with Crippen LogP contribution in [0.3, 0.4) is 0 Å². The number of aliphatic carboxylic acids is 1. The van der Waals surface area contributed by atoms with Crippen LogP contribution in [0.1, 0.15) is 11.3 Å². The highest BCUT2D eigenvalue weighted by atomic mass is 31.2. The van der Waals surface area contributed by atoms with Gasteiger partial charge in [-0.2, -0.15) is 13.2 Å². The van der Waals surface area contributed by atoms with Crippen LogP contribution in [0.2, 0.25) is 0 Å². The smallest absolute Gasteiger partial charge is 0.490 e. The van der Waals surface area contributed by atoms with Crippen molar-refractivity contribution in [1.29, 1.82) is 0 Å². The van der Waals surface area contributed by atoms with Crippen molar-refractivity contribution >= 4 is 25.3 Å². The lowest BCUT2D eigenvalue weighted by molar-refractivity contribution is -0.192. The maximum Gasteiger partial charge on any atom is 0.490 e. The first-order valence-electron chi connectivity index (χ1n) is 12.8. The van der Waals surface area contributed by atoms with Gasteiger partial charge >= 0.3 is 25.8 Å². The first-order valence-corrected chi connectivity index (χ1v) is 14.4. The molecule has 4 rings (SSSR count). The van der Waals surface area contributed by atoms with E-state index in [1.54, 1.807) is 97.1 Å². The van der Waals surface area contributed by atoms with Gasteiger partial charge in [0.25, 0.3) is 0 Å². The summed E-state index contributed by atoms with van der Waals surface area (Å²) in [6.07, 6.45) is -5.90. The molecule has 0 spiro atoms. The molecule has 0 radical (unpaired) electrons. The molecular formula is C30H28F3N2O8P. The Bertz CT molecular complexity index is 1470. The van der Waals surface area contributed by atoms with Crippen LogP contribution in [0.25, 0.3) is 0 Å². The third-order valence-corrected chi connectivity index (χ3v) is 7.34. The molecule has 0 saturated heterocycles. The lowest BCUT2D eigenvalue weighted by Gasteiger charge is -2.28. The van der Waals surface area contributed by atoms with E-state index in [-0.39, 0.29) is 13.2 Å². The minimum absolute atomic E-state index is 0.0292. The molecule has 0 saturated carbocycles. The van der Waals surface area contributed by atoms with E-state index >= 15 is 0 Å². The highest BCUT2D eigenvalue weighted by molar-refractivity contribution is 7.55. The number of carboxylic acids is 1. The summed E-state index contributed by atoms with van der Waals surface area (Å²) in [5, 5.41) is 9.79. The zero-order valence-corrected chi connectivity index (χ0v) is 23.8. The second-order valence-electron chi connectivity index (χ2n) is 8.66. The lowest BCUT2D eigenvalue weighted by atomic mass is 10.2. The van der Waals surface area contributed by atoms with Gasteiger partial charge < -0.3 is 34.7 Å². The average Bonchev–Trinajstić information content (AvgIpc) is 3.00. The Morgan fingerprint density at radius 2 is 1.18 bits per heavy atom. The minimum Gasteiger partial charge on any atom is -0.490 e. The van der Waals surface area contributed by atoms with Gasteiger partial charge in [0.1, 0.15) is 30.5 Å². The summed E-state index contributed by atoms with van der Waals surface area (Å²) < 4.78 is 68.9. The Hall–Kier alpha value is -5.16. The minimum atomic E-state index is -5.08. The second kappa shape index (κ2) is 15.9. The highest BCUT2D eigenvalue weighted by Gasteiger charge is 2.42. The molecule has 0 aliphatic heterocycles. The van der Waals surface area contributed by atoms with Crippen molar-refractivity contribution in [3.8, 4) is 17.2 Å². The van der Waals surface area contributed by atoms with Gasteiger partial charge in [-0.15, -0.1) is 0 Å². The number of ether oxygens (including phenoxy) is 2. The Kier molecular flexibility index (Phi) is 12.0. The Balaban J connectivity index is 0.000000676. The molecule has 4 N–H and O–H groups in total. The van der Waals surface area contributed by atoms with Crippen LogP contribution in [-0.4, -0.2) is 36.6 Å². The van der Waals surface area contributed by atoms with Crippen LogP contribution in [0.5, 0.6) is 17.2 Å². The summed E-state index contributed by atoms with van der Waals surface area (Å²) >= 11 is 0. The Morgan fingerprint density at radius 1 is 0.750 bits per heavy atom. The van der Waals surface area contributed by atoms with Gasteiger partial charge in [0.05, 0.1) is 0 Å². The number of halogens is 3. The molecule has 44 heavy (non-hydrogen) atoms. The molecule has 0 aliphatic rings. The van der Waals surface area contributed by atoms with Crippen molar-refractivity contribution in [1.82, 2.24) is 5.32 Å². The fourth-order valence-corrected chi connectivity index (χ4v) is 5.25. The number of carbonyl (C=O) groups excluding carboxylic acids is 1. The van der Waals surface area contributed by atoms with E-state index in [4.69, 9.17) is 34.2 Å². The molecule has 1 amide bonds. The van der Waals surface area contributed by atoms with Gasteiger partial charge in [0.15, 0.2) is 5.78 Å². The molecule has 4 aromatic rings. The van der Waals surface area contributed by atoms with Crippen LogP contribution in [0, 0.1) is 0 Å². The molecule has 0 bridgehead atoms. The largest absolute Gasteiger partial charge is 0.490 e. The van der Waals surface area contributed by atoms with E-state index < -0.39 is 31.6 Å². The molecule has 0 aliphatic carbocycles. The van der Waals surface area contributed by atoms with Crippen LogP contribution in [0.15, 0.2) is 115 Å². The van der Waals surface area contributed by atoms with Gasteiger partial charge in [-0.1, -0.05) is 66.7 Å². The molecule has 0 heterocycles. The summed E-state index contributed by atoms with van der Waals surface area (Å²) in [5.41, 5.74) is 6.82. The number of nitrogens with one attached hydrogen (secondary N) is 1. The number of para-hydroxylation sites is 3. The summed E-state index contributed by atoms with van der Waals surface area (Å²) in [5.74, 6) is -2.69. The van der Waals surface area contributed by atoms with Gasteiger partial charge in [-0.3, -0.25) is 0 Å². The fourth-order valence-electron chi connectivity index (χ4n) is 3.37. The molecule has 0 fully saturated rings. The lowest BCUT2D eigenvalue weighted by Crippen LogP contribution is -2.32. The standard InChI is InChI=1S/C28H27N2O6P.C2HF3O2/c29-23-18-16-22(17-19-23)27(30-28(31)34-21-20-33-24-10-4-1-5-11-24)37(32,35-25-12-6-2-7-13-25)36-26-14-8-3-9-15-26;3-2(4,5)1(6)7/h1-19,27H,20-21,29H2,(H,30,31);(H,6,7). The van der Waals surface area contributed by atoms with E-state index in [2.05, 4.69) is 5.32 Å². The van der Waals surface area contributed by atoms with Crippen molar-refractivity contribution in [3.05, 3.63) is 121 Å². The summed E-state index contributed by atoms with van der Waals surface area (Å²) in [4.78, 5) is 21.7. The average molecular weight is 633 g/mol. The number of carboxylic acid groups (broad SMARTS) is 1. The quantitative estimate of drug-likeness (QED) is 0.0899. The summed E-state index contributed by atoms with van der Waals surface area (Å²) in [7, 11) is -4.14. The number of hydrogen-bond acceptors (Lipinski definition) is 8. The molecule has 1 atom stereocenters. The van der Waals surface area contributed by atoms with Gasteiger partial charge in [0.2, 0.25) is 0 Å². The third-order valence-electron chi connectivity index (χ3n) is 5.35. The maximum atomic E-state index is 14.4. The van der Waals surface area contributed by atoms with E-state index in [1.807, 2.05) is 18.2 Å². The predicted molar refractivity (Wildman–Crippen MR) is 155 cm³/mol. The molecule has 10 nitrogen and oxygen atoms in total. The Labute approximate surface area is 250 Å². The number of nitrogen functional groups attached to an aromatic ring is 1. The van der Waals surface area contributed by atoms with E-state index in [9.17, 15) is 22.5 Å². The number of nitrogens with two attached hydrogens (primary N) is 1. The molecule has 14 heteroatoms. The monoisotopic (exact) mass is 632 g/mol. The number of rotatable bonds is 11. The molecule has 232 valence electrons. The highest BCUT2D eigenvalue weighted by Crippen LogP contribution is 2.59. The number of hydrogen-bond donors (Lipinski definition) is 3. The van der Waals surface area contributed by atoms with Gasteiger partial charge in [0, 0.05) is 5.69 Å². The number of carbonyl (C=O) groups is 2. The van der Waals surface area contributed by atoms with Crippen molar-refractivity contribution in [2.24, 2.45) is 0 Å². The van der Waals surface area contributed by atoms with E-state index in [1.165, 1.54) is 0 Å². The third kappa shape index (κ3) is 10.9. The van der Waals surface area contributed by atoms with Gasteiger partial charge in [-0.25, -0.2) is 14.2 Å². The van der Waals surface area contributed by atoms with E-state index in [0.29, 0.717) is 28.5 Å². The molecular weight excluding hydrogens is 604 g/mol. The number of amides is 1. The zero-order valence-electron chi connectivity index (χ0n) is 22.9. The maximum absolute atomic E-state index is 14.4. The van der Waals surface area contributed by atoms with Crippen molar-refractivity contribution < 1.29 is 51.0 Å². The molecule has 4 aromatic carbocycles. The Morgan fingerprint density at radius 3 is 1.61 bits per heavy atom. The fraction of sp³-hybridized carbons (Fsp3) is 0.133. The zero-order chi connectivity index (χ0) is 32.0. The SMILES string of the molecule is Nc1ccc(C(NC(=O)OCCOc2ccccc2)P(=O)(Oc2ccccc2)Oc2ccccc2)cc1.O=C(O)C(F)(F)F.